The van der Waals surface area contributed by atoms with Crippen LogP contribution in [0.3, 0.4) is 0 Å². The highest BCUT2D eigenvalue weighted by Crippen LogP contribution is 2.10. The van der Waals surface area contributed by atoms with Crippen LogP contribution in [0.25, 0.3) is 0 Å². The average molecular weight is 230 g/mol. The van der Waals surface area contributed by atoms with Gasteiger partial charge < -0.3 is 5.73 Å². The zero-order chi connectivity index (χ0) is 12.1. The smallest absolute Gasteiger partial charge is 0.169 e. The van der Waals surface area contributed by atoms with Crippen LogP contribution in [-0.2, 0) is 19.4 Å². The Hall–Kier alpha value is -1.84. The highest BCUT2D eigenvalue weighted by Gasteiger charge is 2.06. The molecule has 0 aliphatic heterocycles. The molecule has 0 fully saturated rings. The van der Waals surface area contributed by atoms with E-state index in [0.717, 1.165) is 31.5 Å². The Bertz CT molecular complexity index is 462. The van der Waals surface area contributed by atoms with E-state index in [9.17, 15) is 0 Å². The van der Waals surface area contributed by atoms with Gasteiger partial charge in [0.25, 0.3) is 0 Å². The molecule has 1 heterocycles. The molecule has 0 radical (unpaired) electrons. The van der Waals surface area contributed by atoms with Crippen LogP contribution in [0.1, 0.15) is 24.6 Å². The molecule has 0 spiro atoms. The summed E-state index contributed by atoms with van der Waals surface area (Å²) >= 11 is 0. The summed E-state index contributed by atoms with van der Waals surface area (Å²) in [5.41, 5.74) is 8.14. The Balaban J connectivity index is 1.90. The standard InChI is InChI=1S/C13H18N4/c1-2-12-13(14)15-16-17(12)10-6-9-11-7-4-3-5-8-11/h3-5,7-8H,2,6,9-10,14H2,1H3. The molecule has 0 amide bonds. The minimum Gasteiger partial charge on any atom is -0.381 e. The van der Waals surface area contributed by atoms with Gasteiger partial charge in [-0.3, -0.25) is 0 Å². The quantitative estimate of drug-likeness (QED) is 0.855. The van der Waals surface area contributed by atoms with Crippen LogP contribution >= 0.6 is 0 Å². The van der Waals surface area contributed by atoms with Crippen LogP contribution in [0, 0.1) is 0 Å². The van der Waals surface area contributed by atoms with Gasteiger partial charge >= 0.3 is 0 Å². The lowest BCUT2D eigenvalue weighted by Crippen LogP contribution is -2.06. The number of rotatable bonds is 5. The maximum absolute atomic E-state index is 5.74. The van der Waals surface area contributed by atoms with E-state index in [0.29, 0.717) is 5.82 Å². The van der Waals surface area contributed by atoms with Gasteiger partial charge in [0.05, 0.1) is 5.69 Å². The molecule has 0 saturated carbocycles. The first-order chi connectivity index (χ1) is 8.31. The molecule has 17 heavy (non-hydrogen) atoms. The molecule has 4 heteroatoms. The van der Waals surface area contributed by atoms with Crippen molar-refractivity contribution in [3.63, 3.8) is 0 Å². The van der Waals surface area contributed by atoms with Gasteiger partial charge in [-0.15, -0.1) is 5.10 Å². The fourth-order valence-corrected chi connectivity index (χ4v) is 1.97. The molecule has 0 bridgehead atoms. The largest absolute Gasteiger partial charge is 0.381 e. The van der Waals surface area contributed by atoms with Crippen molar-refractivity contribution in [2.24, 2.45) is 0 Å². The first-order valence-electron chi connectivity index (χ1n) is 6.03. The van der Waals surface area contributed by atoms with Gasteiger partial charge in [0.1, 0.15) is 0 Å². The number of nitrogens with two attached hydrogens (primary N) is 1. The molecule has 2 rings (SSSR count). The van der Waals surface area contributed by atoms with Crippen LogP contribution in [-0.4, -0.2) is 15.0 Å². The lowest BCUT2D eigenvalue weighted by Gasteiger charge is -2.05. The molecule has 2 aromatic rings. The molecule has 0 saturated heterocycles. The Labute approximate surface area is 101 Å². The van der Waals surface area contributed by atoms with E-state index in [2.05, 4.69) is 41.5 Å². The Morgan fingerprint density at radius 1 is 1.24 bits per heavy atom. The monoisotopic (exact) mass is 230 g/mol. The van der Waals surface area contributed by atoms with Crippen LogP contribution < -0.4 is 5.73 Å². The van der Waals surface area contributed by atoms with E-state index in [1.54, 1.807) is 0 Å². The van der Waals surface area contributed by atoms with Gasteiger partial charge in [-0.1, -0.05) is 42.5 Å². The second kappa shape index (κ2) is 5.48. The Morgan fingerprint density at radius 2 is 2.00 bits per heavy atom. The Kier molecular flexibility index (Phi) is 3.75. The summed E-state index contributed by atoms with van der Waals surface area (Å²) in [7, 11) is 0. The van der Waals surface area contributed by atoms with Crippen LogP contribution in [0.2, 0.25) is 0 Å². The number of hydrogen-bond acceptors (Lipinski definition) is 3. The van der Waals surface area contributed by atoms with E-state index in [1.165, 1.54) is 5.56 Å². The predicted molar refractivity (Wildman–Crippen MR) is 68.6 cm³/mol. The number of hydrogen-bond donors (Lipinski definition) is 1. The lowest BCUT2D eigenvalue weighted by atomic mass is 10.1. The molecule has 0 unspecified atom stereocenters. The minimum absolute atomic E-state index is 0.562. The molecule has 2 N–H and O–H groups in total. The molecule has 4 nitrogen and oxygen atoms in total. The number of benzene rings is 1. The van der Waals surface area contributed by atoms with Gasteiger partial charge in [0, 0.05) is 6.54 Å². The Morgan fingerprint density at radius 3 is 2.71 bits per heavy atom. The molecule has 0 atom stereocenters. The number of nitrogen functional groups attached to an aromatic ring is 1. The molecule has 0 aliphatic carbocycles. The number of nitrogens with zero attached hydrogens (tertiary/aromatic N) is 3. The third kappa shape index (κ3) is 2.84. The molecular weight excluding hydrogens is 212 g/mol. The summed E-state index contributed by atoms with van der Waals surface area (Å²) in [6.45, 7) is 2.95. The zero-order valence-electron chi connectivity index (χ0n) is 10.1. The highest BCUT2D eigenvalue weighted by atomic mass is 15.4. The van der Waals surface area contributed by atoms with Gasteiger partial charge in [-0.25, -0.2) is 4.68 Å². The summed E-state index contributed by atoms with van der Waals surface area (Å²) in [4.78, 5) is 0. The summed E-state index contributed by atoms with van der Waals surface area (Å²) in [6, 6.07) is 10.5. The van der Waals surface area contributed by atoms with Crippen molar-refractivity contribution in [1.29, 1.82) is 0 Å². The molecular formula is C13H18N4. The second-order valence-electron chi connectivity index (χ2n) is 4.09. The summed E-state index contributed by atoms with van der Waals surface area (Å²) in [5.74, 6) is 0.562. The molecule has 0 aliphatic rings. The van der Waals surface area contributed by atoms with Crippen molar-refractivity contribution >= 4 is 5.82 Å². The number of aromatic nitrogens is 3. The van der Waals surface area contributed by atoms with Crippen molar-refractivity contribution < 1.29 is 0 Å². The average Bonchev–Trinajstić information content (AvgIpc) is 2.71. The first kappa shape index (κ1) is 11.6. The van der Waals surface area contributed by atoms with Crippen LogP contribution in [0.5, 0.6) is 0 Å². The topological polar surface area (TPSA) is 56.7 Å². The second-order valence-corrected chi connectivity index (χ2v) is 4.09. The van der Waals surface area contributed by atoms with E-state index in [1.807, 2.05) is 10.7 Å². The van der Waals surface area contributed by atoms with Crippen LogP contribution in [0.4, 0.5) is 5.82 Å². The zero-order valence-corrected chi connectivity index (χ0v) is 10.1. The van der Waals surface area contributed by atoms with Crippen molar-refractivity contribution in [3.8, 4) is 0 Å². The summed E-state index contributed by atoms with van der Waals surface area (Å²) < 4.78 is 1.91. The van der Waals surface area contributed by atoms with Crippen molar-refractivity contribution in [2.45, 2.75) is 32.7 Å². The van der Waals surface area contributed by atoms with E-state index in [-0.39, 0.29) is 0 Å². The summed E-state index contributed by atoms with van der Waals surface area (Å²) in [6.07, 6.45) is 2.99. The minimum atomic E-state index is 0.562. The van der Waals surface area contributed by atoms with Crippen LogP contribution in [0.15, 0.2) is 30.3 Å². The SMILES string of the molecule is CCc1c(N)nnn1CCCc1ccccc1. The number of aryl methyl sites for hydroxylation is 2. The van der Waals surface area contributed by atoms with Crippen molar-refractivity contribution in [1.82, 2.24) is 15.0 Å². The first-order valence-corrected chi connectivity index (χ1v) is 6.03. The molecule has 1 aromatic carbocycles. The molecule has 90 valence electrons. The maximum Gasteiger partial charge on any atom is 0.169 e. The number of anilines is 1. The summed E-state index contributed by atoms with van der Waals surface area (Å²) in [5, 5.41) is 7.96. The fourth-order valence-electron chi connectivity index (χ4n) is 1.97. The van der Waals surface area contributed by atoms with E-state index < -0.39 is 0 Å². The van der Waals surface area contributed by atoms with Gasteiger partial charge in [0.2, 0.25) is 0 Å². The van der Waals surface area contributed by atoms with Crippen molar-refractivity contribution in [3.05, 3.63) is 41.6 Å². The third-order valence-corrected chi connectivity index (χ3v) is 2.88. The molecule has 1 aromatic heterocycles. The normalized spacial score (nSPS) is 10.6. The maximum atomic E-state index is 5.74. The van der Waals surface area contributed by atoms with E-state index >= 15 is 0 Å². The highest BCUT2D eigenvalue weighted by molar-refractivity contribution is 5.32. The fraction of sp³-hybridized carbons (Fsp3) is 0.385. The van der Waals surface area contributed by atoms with Gasteiger partial charge in [-0.05, 0) is 24.8 Å². The predicted octanol–water partition coefficient (Wildman–Crippen LogP) is 2.06. The van der Waals surface area contributed by atoms with Crippen molar-refractivity contribution in [2.75, 3.05) is 5.73 Å². The third-order valence-electron chi connectivity index (χ3n) is 2.88. The van der Waals surface area contributed by atoms with E-state index in [4.69, 9.17) is 5.73 Å². The lowest BCUT2D eigenvalue weighted by molar-refractivity contribution is 0.540. The van der Waals surface area contributed by atoms with Gasteiger partial charge in [-0.2, -0.15) is 0 Å². The van der Waals surface area contributed by atoms with Gasteiger partial charge in [0.15, 0.2) is 5.82 Å².